The summed E-state index contributed by atoms with van der Waals surface area (Å²) in [5.41, 5.74) is 44.1. The van der Waals surface area contributed by atoms with Crippen molar-refractivity contribution in [3.05, 3.63) is 565 Å². The zero-order valence-electron chi connectivity index (χ0n) is 80.2. The number of hydrogen-bond acceptors (Lipinski definition) is 6. The van der Waals surface area contributed by atoms with Gasteiger partial charge in [0, 0.05) is 113 Å². The summed E-state index contributed by atoms with van der Waals surface area (Å²) in [5.74, 6) is 0. The maximum atomic E-state index is 2.37. The third-order valence-corrected chi connectivity index (χ3v) is 26.6. The van der Waals surface area contributed by atoms with Crippen LogP contribution in [0.4, 0.5) is 102 Å². The predicted octanol–water partition coefficient (Wildman–Crippen LogP) is 37.4. The maximum absolute atomic E-state index is 2.37. The molecular weight excluding hydrogens is 1670 g/mol. The molecule has 0 aromatic heterocycles. The van der Waals surface area contributed by atoms with Gasteiger partial charge in [-0.05, 0) is 338 Å². The van der Waals surface area contributed by atoms with E-state index in [1.54, 1.807) is 0 Å². The van der Waals surface area contributed by atoms with E-state index in [4.69, 9.17) is 0 Å². The second-order valence-corrected chi connectivity index (χ2v) is 37.0. The topological polar surface area (TPSA) is 19.4 Å². The standard InChI is InChI=1S/C40H36N2.C38H32N2.2C27H23N/c1-29-5-17-35(18-6-29)41(36-19-7-30(2)8-20-36)39-25-13-33(14-26-39)34-15-27-40(28-16-34)42(37-21-9-31(3)10-22-37)38-23-11-32(4)12-24-38;1-29-11-9-17-37(27-29)39(33-13-5-3-6-14-33)35-23-19-31(20-24-35)32-21-25-36(26-22-32)40(34-15-7-4-8-16-34)38-18-10-12-30(2)28-38;2*1-27(2)25-16-10-9-15-23(25)24-18-17-22(19-26(24)27)28(20-11-5-3-6-12-20)21-13-7-4-8-14-21/h5-28H,1-4H3;3-28H,1-2H3;2*3-19H,1-2H3. The number of rotatable bonds is 20. The Bertz CT molecular complexity index is 6860. The molecule has 6 heteroatoms. The highest BCUT2D eigenvalue weighted by Gasteiger charge is 2.38. The van der Waals surface area contributed by atoms with Crippen molar-refractivity contribution in [1.82, 2.24) is 0 Å². The molecule has 0 N–H and O–H groups in total. The minimum Gasteiger partial charge on any atom is -0.311 e. The van der Waals surface area contributed by atoms with Gasteiger partial charge in [-0.2, -0.15) is 0 Å². The lowest BCUT2D eigenvalue weighted by Gasteiger charge is -2.28. The summed E-state index contributed by atoms with van der Waals surface area (Å²) in [6, 6.07) is 182. The van der Waals surface area contributed by atoms with E-state index in [9.17, 15) is 0 Å². The molecule has 0 saturated heterocycles. The summed E-state index contributed by atoms with van der Waals surface area (Å²) in [4.78, 5) is 13.9. The molecule has 0 radical (unpaired) electrons. The Hall–Kier alpha value is -16.8. The molecule has 0 amide bonds. The number of hydrogen-bond donors (Lipinski definition) is 0. The summed E-state index contributed by atoms with van der Waals surface area (Å²) >= 11 is 0. The molecule has 0 aliphatic heterocycles. The molecule has 0 bridgehead atoms. The zero-order chi connectivity index (χ0) is 94.6. The molecule has 0 saturated carbocycles. The van der Waals surface area contributed by atoms with E-state index in [0.717, 1.165) is 68.2 Å². The number of aryl methyl sites for hydroxylation is 6. The van der Waals surface area contributed by atoms with Gasteiger partial charge in [0.2, 0.25) is 0 Å². The highest BCUT2D eigenvalue weighted by molar-refractivity contribution is 5.90. The number of anilines is 18. The Morgan fingerprint density at radius 2 is 0.290 bits per heavy atom. The summed E-state index contributed by atoms with van der Waals surface area (Å²) in [7, 11) is 0. The van der Waals surface area contributed by atoms with E-state index in [2.05, 4.69) is 608 Å². The van der Waals surface area contributed by atoms with Crippen molar-refractivity contribution >= 4 is 102 Å². The van der Waals surface area contributed by atoms with Crippen LogP contribution in [0.5, 0.6) is 0 Å². The molecule has 138 heavy (non-hydrogen) atoms. The van der Waals surface area contributed by atoms with Gasteiger partial charge in [0.1, 0.15) is 0 Å². The number of nitrogens with zero attached hydrogens (tertiary/aromatic N) is 6. The van der Waals surface area contributed by atoms with Crippen molar-refractivity contribution < 1.29 is 0 Å². The first-order chi connectivity index (χ1) is 67.4. The van der Waals surface area contributed by atoms with Crippen LogP contribution in [0, 0.1) is 41.5 Å². The molecule has 672 valence electrons. The smallest absolute Gasteiger partial charge is 0.0465 e. The van der Waals surface area contributed by atoms with Gasteiger partial charge in [0.05, 0.1) is 0 Å². The van der Waals surface area contributed by atoms with Crippen LogP contribution >= 0.6 is 0 Å². The Morgan fingerprint density at radius 1 is 0.123 bits per heavy atom. The average Bonchev–Trinajstić information content (AvgIpc) is 1.58. The van der Waals surface area contributed by atoms with Crippen LogP contribution < -0.4 is 29.4 Å². The first-order valence-corrected chi connectivity index (χ1v) is 47.8. The van der Waals surface area contributed by atoms with E-state index in [0.29, 0.717) is 0 Å². The van der Waals surface area contributed by atoms with Gasteiger partial charge >= 0.3 is 0 Å². The van der Waals surface area contributed by atoms with E-state index >= 15 is 0 Å². The van der Waals surface area contributed by atoms with Crippen LogP contribution in [0.1, 0.15) is 83.3 Å². The van der Waals surface area contributed by atoms with Crippen molar-refractivity contribution in [2.45, 2.75) is 80.1 Å². The fraction of sp³-hybridized carbons (Fsp3) is 0.0909. The lowest BCUT2D eigenvalue weighted by molar-refractivity contribution is 0.660. The molecule has 0 heterocycles. The Morgan fingerprint density at radius 3 is 0.514 bits per heavy atom. The molecule has 0 unspecified atom stereocenters. The summed E-state index contributed by atoms with van der Waals surface area (Å²) in [6.07, 6.45) is 0. The van der Waals surface area contributed by atoms with Crippen LogP contribution in [-0.2, 0) is 10.8 Å². The second kappa shape index (κ2) is 40.6. The minimum absolute atomic E-state index is 0.000975. The van der Waals surface area contributed by atoms with Crippen molar-refractivity contribution in [3.8, 4) is 44.5 Å². The Labute approximate surface area is 815 Å². The average molecular weight is 1780 g/mol. The largest absolute Gasteiger partial charge is 0.311 e. The first-order valence-electron chi connectivity index (χ1n) is 47.8. The summed E-state index contributed by atoms with van der Waals surface area (Å²) in [6.45, 7) is 22.1. The number of benzene rings is 20. The third kappa shape index (κ3) is 19.6. The predicted molar refractivity (Wildman–Crippen MR) is 588 cm³/mol. The lowest BCUT2D eigenvalue weighted by Crippen LogP contribution is -2.16. The molecule has 22 rings (SSSR count). The van der Waals surface area contributed by atoms with Gasteiger partial charge in [-0.15, -0.1) is 0 Å². The third-order valence-electron chi connectivity index (χ3n) is 26.6. The van der Waals surface area contributed by atoms with Crippen LogP contribution in [0.3, 0.4) is 0 Å². The fourth-order valence-corrected chi connectivity index (χ4v) is 19.3. The van der Waals surface area contributed by atoms with E-state index in [1.807, 2.05) is 0 Å². The molecule has 20 aromatic rings. The monoisotopic (exact) mass is 1780 g/mol. The van der Waals surface area contributed by atoms with Crippen molar-refractivity contribution in [1.29, 1.82) is 0 Å². The van der Waals surface area contributed by atoms with E-state index in [-0.39, 0.29) is 10.8 Å². The number of para-hydroxylation sites is 6. The van der Waals surface area contributed by atoms with Crippen LogP contribution in [-0.4, -0.2) is 0 Å². The van der Waals surface area contributed by atoms with Gasteiger partial charge < -0.3 is 29.4 Å². The normalized spacial score (nSPS) is 12.0. The lowest BCUT2D eigenvalue weighted by atomic mass is 9.82. The van der Waals surface area contributed by atoms with Crippen LogP contribution in [0.25, 0.3) is 44.5 Å². The van der Waals surface area contributed by atoms with E-state index in [1.165, 1.54) is 134 Å². The molecule has 20 aromatic carbocycles. The van der Waals surface area contributed by atoms with Gasteiger partial charge in [-0.25, -0.2) is 0 Å². The fourth-order valence-electron chi connectivity index (χ4n) is 19.3. The highest BCUT2D eigenvalue weighted by atomic mass is 15.2. The van der Waals surface area contributed by atoms with Crippen molar-refractivity contribution in [3.63, 3.8) is 0 Å². The molecule has 2 aliphatic rings. The van der Waals surface area contributed by atoms with Gasteiger partial charge in [0.25, 0.3) is 0 Å². The highest BCUT2D eigenvalue weighted by Crippen LogP contribution is 2.54. The molecule has 0 fully saturated rings. The quantitative estimate of drug-likeness (QED) is 0.0752. The van der Waals surface area contributed by atoms with Gasteiger partial charge in [-0.1, -0.05) is 341 Å². The SMILES string of the molecule is CC1(C)c2ccccc2-c2ccc(N(c3ccccc3)c3ccccc3)cc21.CC1(C)c2ccccc2-c2ccc(N(c3ccccc3)c3ccccc3)cc21.Cc1ccc(N(c2ccc(C)cc2)c2ccc(-c3ccc(N(c4ccc(C)cc4)c4ccc(C)cc4)cc3)cc2)cc1.Cc1cccc(N(c2ccccc2)c2ccc(-c3ccc(N(c4ccccc4)c4cccc(C)c4)cc3)cc2)c1. The van der Waals surface area contributed by atoms with Crippen molar-refractivity contribution in [2.24, 2.45) is 0 Å². The second-order valence-electron chi connectivity index (χ2n) is 37.0. The van der Waals surface area contributed by atoms with Crippen LogP contribution in [0.2, 0.25) is 0 Å². The molecule has 0 atom stereocenters. The molecule has 6 nitrogen and oxygen atoms in total. The molecule has 0 spiro atoms. The molecular formula is C132H114N6. The number of fused-ring (bicyclic) bond motifs is 6. The first kappa shape index (κ1) is 90.4. The molecule has 2 aliphatic carbocycles. The minimum atomic E-state index is 0.000975. The van der Waals surface area contributed by atoms with Gasteiger partial charge in [-0.3, -0.25) is 0 Å². The maximum Gasteiger partial charge on any atom is 0.0465 e. The summed E-state index contributed by atoms with van der Waals surface area (Å²) in [5, 5.41) is 0. The van der Waals surface area contributed by atoms with Gasteiger partial charge in [0.15, 0.2) is 0 Å². The summed E-state index contributed by atoms with van der Waals surface area (Å²) < 4.78 is 0. The zero-order valence-corrected chi connectivity index (χ0v) is 80.2. The van der Waals surface area contributed by atoms with E-state index < -0.39 is 0 Å². The van der Waals surface area contributed by atoms with Crippen molar-refractivity contribution in [2.75, 3.05) is 29.4 Å². The van der Waals surface area contributed by atoms with Crippen LogP contribution in [0.15, 0.2) is 510 Å². The Balaban J connectivity index is 0.000000119. The Kier molecular flexibility index (Phi) is 26.6.